The van der Waals surface area contributed by atoms with Gasteiger partial charge in [-0.1, -0.05) is 37.3 Å². The molecule has 0 radical (unpaired) electrons. The van der Waals surface area contributed by atoms with Crippen molar-refractivity contribution in [3.63, 3.8) is 0 Å². The number of hydrogen-bond donors (Lipinski definition) is 2. The van der Waals surface area contributed by atoms with E-state index in [4.69, 9.17) is 9.88 Å². The van der Waals surface area contributed by atoms with Crippen LogP contribution in [0.5, 0.6) is 0 Å². The van der Waals surface area contributed by atoms with Crippen LogP contribution in [-0.2, 0) is 38.5 Å². The molecule has 0 unspecified atom stereocenters. The molecule has 1 fully saturated rings. The molecule has 2 aromatic heterocycles. The lowest BCUT2D eigenvalue weighted by atomic mass is 10.0. The van der Waals surface area contributed by atoms with Crippen LogP contribution >= 0.6 is 0 Å². The molecule has 3 aromatic rings. The second-order valence-electron chi connectivity index (χ2n) is 7.63. The summed E-state index contributed by atoms with van der Waals surface area (Å²) in [4.78, 5) is 9.03. The molecule has 10 heteroatoms. The van der Waals surface area contributed by atoms with Crippen molar-refractivity contribution in [3.05, 3.63) is 59.7 Å². The van der Waals surface area contributed by atoms with Crippen LogP contribution in [0.15, 0.2) is 42.9 Å². The van der Waals surface area contributed by atoms with Crippen LogP contribution in [0, 0.1) is 0 Å². The van der Waals surface area contributed by atoms with Crippen molar-refractivity contribution in [3.8, 4) is 0 Å². The lowest BCUT2D eigenvalue weighted by Crippen LogP contribution is -2.30. The van der Waals surface area contributed by atoms with Crippen molar-refractivity contribution < 1.29 is 22.4 Å². The zero-order valence-electron chi connectivity index (χ0n) is 17.2. The Balaban J connectivity index is 1.59. The van der Waals surface area contributed by atoms with Crippen molar-refractivity contribution in [2.75, 3.05) is 6.61 Å². The SMILES string of the molecule is CCc1cn([C@H]2C[C@H](O)[C@@H](COS(N)(=O)=O)O2)c2ncnc(CCc3ccccc3)c12. The number of aromatic nitrogens is 3. The van der Waals surface area contributed by atoms with Gasteiger partial charge in [-0.15, -0.1) is 0 Å². The van der Waals surface area contributed by atoms with E-state index >= 15 is 0 Å². The number of aryl methyl sites for hydroxylation is 3. The summed E-state index contributed by atoms with van der Waals surface area (Å²) in [5, 5.41) is 16.2. The van der Waals surface area contributed by atoms with Gasteiger partial charge in [-0.25, -0.2) is 15.1 Å². The summed E-state index contributed by atoms with van der Waals surface area (Å²) in [6.45, 7) is 1.73. The Morgan fingerprint density at radius 2 is 2.03 bits per heavy atom. The van der Waals surface area contributed by atoms with E-state index in [0.29, 0.717) is 0 Å². The Hall–Kier alpha value is -2.37. The van der Waals surface area contributed by atoms with Crippen LogP contribution in [0.1, 0.15) is 36.4 Å². The largest absolute Gasteiger partial charge is 0.390 e. The van der Waals surface area contributed by atoms with E-state index in [1.807, 2.05) is 29.0 Å². The van der Waals surface area contributed by atoms with Gasteiger partial charge in [0.05, 0.1) is 18.4 Å². The summed E-state index contributed by atoms with van der Waals surface area (Å²) >= 11 is 0. The van der Waals surface area contributed by atoms with Crippen LogP contribution in [0.3, 0.4) is 0 Å². The predicted octanol–water partition coefficient (Wildman–Crippen LogP) is 1.65. The van der Waals surface area contributed by atoms with Gasteiger partial charge in [0.15, 0.2) is 0 Å². The molecule has 9 nitrogen and oxygen atoms in total. The minimum atomic E-state index is -4.11. The fourth-order valence-corrected chi connectivity index (χ4v) is 4.34. The van der Waals surface area contributed by atoms with Gasteiger partial charge in [0.2, 0.25) is 0 Å². The molecule has 166 valence electrons. The lowest BCUT2D eigenvalue weighted by molar-refractivity contribution is -0.0369. The lowest BCUT2D eigenvalue weighted by Gasteiger charge is -2.15. The molecule has 3 atom stereocenters. The molecular weight excluding hydrogens is 420 g/mol. The zero-order valence-corrected chi connectivity index (χ0v) is 18.0. The van der Waals surface area contributed by atoms with Crippen LogP contribution < -0.4 is 5.14 Å². The third-order valence-corrected chi connectivity index (χ3v) is 6.02. The maximum Gasteiger partial charge on any atom is 0.333 e. The second kappa shape index (κ2) is 9.01. The monoisotopic (exact) mass is 446 g/mol. The fourth-order valence-electron chi connectivity index (χ4n) is 4.01. The third-order valence-electron chi connectivity index (χ3n) is 5.55. The highest BCUT2D eigenvalue weighted by Crippen LogP contribution is 2.34. The minimum absolute atomic E-state index is 0.287. The number of aliphatic hydroxyl groups is 1. The Bertz CT molecular complexity index is 1150. The average molecular weight is 447 g/mol. The quantitative estimate of drug-likeness (QED) is 0.538. The summed E-state index contributed by atoms with van der Waals surface area (Å²) in [7, 11) is -4.11. The zero-order chi connectivity index (χ0) is 22.0. The van der Waals surface area contributed by atoms with Crippen LogP contribution in [-0.4, -0.2) is 46.9 Å². The number of rotatable bonds is 8. The molecule has 1 aromatic carbocycles. The summed E-state index contributed by atoms with van der Waals surface area (Å²) in [6.07, 6.45) is 4.07. The van der Waals surface area contributed by atoms with Crippen LogP contribution in [0.2, 0.25) is 0 Å². The first kappa shape index (κ1) is 21.8. The molecule has 31 heavy (non-hydrogen) atoms. The highest BCUT2D eigenvalue weighted by atomic mass is 32.2. The number of nitrogens with two attached hydrogens (primary N) is 1. The molecular formula is C21H26N4O5S. The van der Waals surface area contributed by atoms with Crippen molar-refractivity contribution in [1.29, 1.82) is 0 Å². The van der Waals surface area contributed by atoms with Crippen LogP contribution in [0.25, 0.3) is 11.0 Å². The number of hydrogen-bond acceptors (Lipinski definition) is 7. The predicted molar refractivity (Wildman–Crippen MR) is 114 cm³/mol. The molecule has 0 bridgehead atoms. The smallest absolute Gasteiger partial charge is 0.333 e. The number of nitrogens with zero attached hydrogens (tertiary/aromatic N) is 3. The Morgan fingerprint density at radius 1 is 1.26 bits per heavy atom. The second-order valence-corrected chi connectivity index (χ2v) is 8.85. The van der Waals surface area contributed by atoms with Gasteiger partial charge in [0.25, 0.3) is 0 Å². The van der Waals surface area contributed by atoms with Crippen LogP contribution in [0.4, 0.5) is 0 Å². The first-order chi connectivity index (χ1) is 14.9. The molecule has 1 aliphatic rings. The molecule has 0 saturated carbocycles. The van der Waals surface area contributed by atoms with Gasteiger partial charge in [-0.3, -0.25) is 4.18 Å². The molecule has 3 heterocycles. The number of aliphatic hydroxyl groups excluding tert-OH is 1. The standard InChI is InChI=1S/C21H26N4O5S/c1-2-15-11-25(19-10-17(26)18(30-19)12-29-31(22,27)28)21-20(15)16(23-13-24-21)9-8-14-6-4-3-5-7-14/h3-7,11,13,17-19,26H,2,8-10,12H2,1H3,(H2,22,27,28)/t17-,18+,19+/m0/s1. The number of benzene rings is 1. The van der Waals surface area contributed by atoms with E-state index in [1.165, 1.54) is 5.56 Å². The Labute approximate surface area is 181 Å². The molecule has 4 rings (SSSR count). The fraction of sp³-hybridized carbons (Fsp3) is 0.429. The van der Waals surface area contributed by atoms with E-state index in [0.717, 1.165) is 41.6 Å². The molecule has 1 aliphatic heterocycles. The van der Waals surface area contributed by atoms with Gasteiger partial charge >= 0.3 is 10.3 Å². The van der Waals surface area contributed by atoms with E-state index in [9.17, 15) is 13.5 Å². The molecule has 0 amide bonds. The molecule has 0 spiro atoms. The van der Waals surface area contributed by atoms with Gasteiger partial charge in [0.1, 0.15) is 24.3 Å². The van der Waals surface area contributed by atoms with E-state index in [2.05, 4.69) is 33.2 Å². The summed E-state index contributed by atoms with van der Waals surface area (Å²) in [6, 6.07) is 10.2. The topological polar surface area (TPSA) is 130 Å². The highest BCUT2D eigenvalue weighted by Gasteiger charge is 2.37. The summed E-state index contributed by atoms with van der Waals surface area (Å²) in [5.74, 6) is 0. The Morgan fingerprint density at radius 3 is 2.74 bits per heavy atom. The van der Waals surface area contributed by atoms with Gasteiger partial charge in [-0.2, -0.15) is 8.42 Å². The van der Waals surface area contributed by atoms with Gasteiger partial charge < -0.3 is 14.4 Å². The normalized spacial score (nSPS) is 21.7. The van der Waals surface area contributed by atoms with Gasteiger partial charge in [-0.05, 0) is 30.4 Å². The van der Waals surface area contributed by atoms with E-state index in [1.54, 1.807) is 6.33 Å². The van der Waals surface area contributed by atoms with Crippen molar-refractivity contribution in [1.82, 2.24) is 14.5 Å². The maximum absolute atomic E-state index is 11.1. The third kappa shape index (κ3) is 4.94. The van der Waals surface area contributed by atoms with Crippen molar-refractivity contribution >= 4 is 21.3 Å². The minimum Gasteiger partial charge on any atom is -0.390 e. The Kier molecular flexibility index (Phi) is 6.35. The van der Waals surface area contributed by atoms with E-state index in [-0.39, 0.29) is 13.0 Å². The highest BCUT2D eigenvalue weighted by molar-refractivity contribution is 7.84. The first-order valence-corrected chi connectivity index (χ1v) is 11.7. The van der Waals surface area contributed by atoms with E-state index < -0.39 is 28.7 Å². The van der Waals surface area contributed by atoms with Crippen molar-refractivity contribution in [2.24, 2.45) is 5.14 Å². The first-order valence-electron chi connectivity index (χ1n) is 10.2. The maximum atomic E-state index is 11.1. The summed E-state index contributed by atoms with van der Waals surface area (Å²) < 4.78 is 34.5. The number of ether oxygens (including phenoxy) is 1. The molecule has 3 N–H and O–H groups in total. The van der Waals surface area contributed by atoms with Crippen molar-refractivity contribution in [2.45, 2.75) is 51.0 Å². The van der Waals surface area contributed by atoms with Gasteiger partial charge in [0, 0.05) is 18.0 Å². The summed E-state index contributed by atoms with van der Waals surface area (Å²) in [5.41, 5.74) is 4.05. The number of fused-ring (bicyclic) bond motifs is 1. The molecule has 0 aliphatic carbocycles. The molecule has 1 saturated heterocycles. The average Bonchev–Trinajstić information content (AvgIpc) is 3.31.